The Balaban J connectivity index is 1.70. The van der Waals surface area contributed by atoms with E-state index in [1.807, 2.05) is 11.8 Å². The highest BCUT2D eigenvalue weighted by Crippen LogP contribution is 2.25. The number of hydrogen-bond donors (Lipinski definition) is 2. The van der Waals surface area contributed by atoms with Crippen molar-refractivity contribution in [3.05, 3.63) is 51.2 Å². The van der Waals surface area contributed by atoms with Gasteiger partial charge in [-0.25, -0.2) is 4.79 Å². The number of aryl methyl sites for hydroxylation is 1. The average Bonchev–Trinajstić information content (AvgIpc) is 3.03. The first-order valence-electron chi connectivity index (χ1n) is 7.52. The number of nitrogens with zero attached hydrogens (tertiary/aromatic N) is 1. The van der Waals surface area contributed by atoms with E-state index in [4.69, 9.17) is 0 Å². The molecule has 3 amide bonds. The summed E-state index contributed by atoms with van der Waals surface area (Å²) in [6.07, 6.45) is 0.912. The number of rotatable bonds is 2. The van der Waals surface area contributed by atoms with Crippen molar-refractivity contribution in [1.29, 1.82) is 0 Å². The molecule has 1 aromatic heterocycles. The van der Waals surface area contributed by atoms with Gasteiger partial charge in [0.1, 0.15) is 0 Å². The third-order valence-electron chi connectivity index (χ3n) is 4.05. The summed E-state index contributed by atoms with van der Waals surface area (Å²) in [7, 11) is 1.60. The number of amides is 3. The Morgan fingerprint density at radius 2 is 2.09 bits per heavy atom. The molecule has 23 heavy (non-hydrogen) atoms. The van der Waals surface area contributed by atoms with Crippen LogP contribution in [-0.2, 0) is 13.0 Å². The van der Waals surface area contributed by atoms with Crippen molar-refractivity contribution in [3.63, 3.8) is 0 Å². The minimum absolute atomic E-state index is 0.0994. The van der Waals surface area contributed by atoms with Gasteiger partial charge in [0.15, 0.2) is 0 Å². The van der Waals surface area contributed by atoms with Gasteiger partial charge in [-0.1, -0.05) is 0 Å². The van der Waals surface area contributed by atoms with Gasteiger partial charge in [-0.3, -0.25) is 4.79 Å². The number of anilines is 1. The van der Waals surface area contributed by atoms with Crippen molar-refractivity contribution in [2.24, 2.45) is 0 Å². The van der Waals surface area contributed by atoms with Crippen molar-refractivity contribution in [2.75, 3.05) is 18.9 Å². The lowest BCUT2D eigenvalue weighted by Crippen LogP contribution is -2.38. The average molecular weight is 329 g/mol. The lowest BCUT2D eigenvalue weighted by Gasteiger charge is -2.27. The van der Waals surface area contributed by atoms with E-state index in [0.717, 1.165) is 24.2 Å². The van der Waals surface area contributed by atoms with Crippen LogP contribution in [0, 0.1) is 6.92 Å². The molecule has 2 heterocycles. The first kappa shape index (κ1) is 15.6. The monoisotopic (exact) mass is 329 g/mol. The molecule has 1 aliphatic heterocycles. The Morgan fingerprint density at radius 3 is 2.83 bits per heavy atom. The number of fused-ring (bicyclic) bond motifs is 1. The van der Waals surface area contributed by atoms with Crippen molar-refractivity contribution in [1.82, 2.24) is 10.2 Å². The van der Waals surface area contributed by atoms with E-state index in [1.165, 1.54) is 10.4 Å². The molecule has 0 radical (unpaired) electrons. The number of urea groups is 1. The molecule has 0 bridgehead atoms. The molecule has 2 N–H and O–H groups in total. The van der Waals surface area contributed by atoms with Crippen molar-refractivity contribution in [2.45, 2.75) is 19.9 Å². The van der Waals surface area contributed by atoms with Crippen molar-refractivity contribution in [3.8, 4) is 0 Å². The Labute approximate surface area is 139 Å². The van der Waals surface area contributed by atoms with Gasteiger partial charge in [0.05, 0.1) is 0 Å². The summed E-state index contributed by atoms with van der Waals surface area (Å²) in [5, 5.41) is 7.62. The Morgan fingerprint density at radius 1 is 1.26 bits per heavy atom. The van der Waals surface area contributed by atoms with Crippen LogP contribution >= 0.6 is 11.3 Å². The number of thiophene rings is 1. The predicted octanol–water partition coefficient (Wildman–Crippen LogP) is 3.01. The normalized spacial score (nSPS) is 13.4. The van der Waals surface area contributed by atoms with E-state index in [-0.39, 0.29) is 11.9 Å². The molecule has 0 unspecified atom stereocenters. The molecule has 3 rings (SSSR count). The largest absolute Gasteiger partial charge is 0.355 e. The third-order valence-corrected chi connectivity index (χ3v) is 5.08. The minimum Gasteiger partial charge on any atom is -0.355 e. The Hall–Kier alpha value is -2.34. The highest BCUT2D eigenvalue weighted by molar-refractivity contribution is 7.10. The molecule has 0 atom stereocenters. The highest BCUT2D eigenvalue weighted by atomic mass is 32.1. The molecule has 2 aromatic rings. The second kappa shape index (κ2) is 6.42. The zero-order chi connectivity index (χ0) is 16.4. The van der Waals surface area contributed by atoms with Gasteiger partial charge in [0, 0.05) is 36.3 Å². The van der Waals surface area contributed by atoms with Gasteiger partial charge in [0.25, 0.3) is 5.91 Å². The van der Waals surface area contributed by atoms with E-state index in [9.17, 15) is 9.59 Å². The first-order valence-corrected chi connectivity index (χ1v) is 8.40. The van der Waals surface area contributed by atoms with E-state index in [1.54, 1.807) is 36.6 Å². The molecular weight excluding hydrogens is 310 g/mol. The van der Waals surface area contributed by atoms with Crippen LogP contribution in [0.1, 0.15) is 26.4 Å². The number of hydrogen-bond acceptors (Lipinski definition) is 3. The van der Waals surface area contributed by atoms with Crippen LogP contribution in [0.5, 0.6) is 0 Å². The number of benzene rings is 1. The van der Waals surface area contributed by atoms with Crippen molar-refractivity contribution >= 4 is 29.0 Å². The predicted molar refractivity (Wildman–Crippen MR) is 92.0 cm³/mol. The summed E-state index contributed by atoms with van der Waals surface area (Å²) < 4.78 is 0. The molecular formula is C17H19N3O2S. The Bertz CT molecular complexity index is 754. The molecule has 0 fully saturated rings. The molecule has 0 saturated carbocycles. The summed E-state index contributed by atoms with van der Waals surface area (Å²) in [5.74, 6) is -0.132. The minimum atomic E-state index is -0.132. The van der Waals surface area contributed by atoms with Crippen LogP contribution in [0.15, 0.2) is 29.6 Å². The second-order valence-electron chi connectivity index (χ2n) is 5.58. The fraction of sp³-hybridized carbons (Fsp3) is 0.294. The van der Waals surface area contributed by atoms with E-state index in [2.05, 4.69) is 22.1 Å². The van der Waals surface area contributed by atoms with Gasteiger partial charge in [-0.15, -0.1) is 11.3 Å². The molecule has 0 saturated heterocycles. The standard InChI is InChI=1S/C17H19N3O2S/c1-11-9-12(16(21)18-2)3-4-14(11)19-17(22)20-7-5-15-13(10-20)6-8-23-15/h3-4,6,8-9H,5,7,10H2,1-2H3,(H,18,21)(H,19,22). The maximum atomic E-state index is 12.5. The molecule has 0 spiro atoms. The fourth-order valence-electron chi connectivity index (χ4n) is 2.71. The maximum absolute atomic E-state index is 12.5. The smallest absolute Gasteiger partial charge is 0.322 e. The summed E-state index contributed by atoms with van der Waals surface area (Å²) in [6, 6.07) is 7.26. The highest BCUT2D eigenvalue weighted by Gasteiger charge is 2.21. The Kier molecular flexibility index (Phi) is 4.34. The summed E-state index contributed by atoms with van der Waals surface area (Å²) in [5.41, 5.74) is 3.43. The lowest BCUT2D eigenvalue weighted by atomic mass is 10.1. The van der Waals surface area contributed by atoms with E-state index < -0.39 is 0 Å². The molecule has 1 aliphatic rings. The fourth-order valence-corrected chi connectivity index (χ4v) is 3.60. The SMILES string of the molecule is CNC(=O)c1ccc(NC(=O)N2CCc3sccc3C2)c(C)c1. The van der Waals surface area contributed by atoms with Crippen LogP contribution < -0.4 is 10.6 Å². The van der Waals surface area contributed by atoms with Crippen LogP contribution in [0.3, 0.4) is 0 Å². The number of nitrogens with one attached hydrogen (secondary N) is 2. The molecule has 0 aliphatic carbocycles. The summed E-state index contributed by atoms with van der Waals surface area (Å²) in [6.45, 7) is 3.27. The van der Waals surface area contributed by atoms with Crippen LogP contribution in [0.2, 0.25) is 0 Å². The molecule has 120 valence electrons. The summed E-state index contributed by atoms with van der Waals surface area (Å²) in [4.78, 5) is 27.3. The molecule has 6 heteroatoms. The quantitative estimate of drug-likeness (QED) is 0.890. The van der Waals surface area contributed by atoms with Crippen molar-refractivity contribution < 1.29 is 9.59 Å². The van der Waals surface area contributed by atoms with Gasteiger partial charge in [-0.2, -0.15) is 0 Å². The molecule has 1 aromatic carbocycles. The maximum Gasteiger partial charge on any atom is 0.322 e. The van der Waals surface area contributed by atoms with Gasteiger partial charge in [0.2, 0.25) is 0 Å². The number of carbonyl (C=O) groups is 2. The zero-order valence-electron chi connectivity index (χ0n) is 13.2. The first-order chi connectivity index (χ1) is 11.1. The number of carbonyl (C=O) groups excluding carboxylic acids is 2. The third kappa shape index (κ3) is 3.22. The van der Waals surface area contributed by atoms with Crippen LogP contribution in [0.25, 0.3) is 0 Å². The van der Waals surface area contributed by atoms with Gasteiger partial charge >= 0.3 is 6.03 Å². The second-order valence-corrected chi connectivity index (χ2v) is 6.58. The topological polar surface area (TPSA) is 61.4 Å². The van der Waals surface area contributed by atoms with Crippen LogP contribution in [-0.4, -0.2) is 30.4 Å². The zero-order valence-corrected chi connectivity index (χ0v) is 14.0. The summed E-state index contributed by atoms with van der Waals surface area (Å²) >= 11 is 1.76. The van der Waals surface area contributed by atoms with Crippen LogP contribution in [0.4, 0.5) is 10.5 Å². The molecule has 5 nitrogen and oxygen atoms in total. The van der Waals surface area contributed by atoms with Gasteiger partial charge < -0.3 is 15.5 Å². The lowest BCUT2D eigenvalue weighted by molar-refractivity contribution is 0.0963. The van der Waals surface area contributed by atoms with E-state index in [0.29, 0.717) is 12.1 Å². The van der Waals surface area contributed by atoms with Gasteiger partial charge in [-0.05, 0) is 54.1 Å². The van der Waals surface area contributed by atoms with E-state index >= 15 is 0 Å².